The van der Waals surface area contributed by atoms with E-state index in [0.29, 0.717) is 5.25 Å². The van der Waals surface area contributed by atoms with Gasteiger partial charge in [0.1, 0.15) is 0 Å². The van der Waals surface area contributed by atoms with Crippen molar-refractivity contribution in [1.82, 2.24) is 10.0 Å². The van der Waals surface area contributed by atoms with Crippen molar-refractivity contribution in [2.75, 3.05) is 19.6 Å². The largest absolute Gasteiger partial charge is 0.312 e. The molecule has 1 unspecified atom stereocenters. The second-order valence-electron chi connectivity index (χ2n) is 2.53. The van der Waals surface area contributed by atoms with E-state index in [9.17, 15) is 0 Å². The lowest BCUT2D eigenvalue weighted by Gasteiger charge is -2.17. The Morgan fingerprint density at radius 1 is 1.44 bits per heavy atom. The fraction of sp³-hybridized carbons (Fsp3) is 0.667. The van der Waals surface area contributed by atoms with Crippen molar-refractivity contribution in [1.29, 1.82) is 0 Å². The van der Waals surface area contributed by atoms with Crippen LogP contribution in [0.25, 0.3) is 0 Å². The highest BCUT2D eigenvalue weighted by Crippen LogP contribution is 2.18. The topological polar surface area (TPSA) is 6.48 Å². The molecule has 0 aliphatic carbocycles. The summed E-state index contributed by atoms with van der Waals surface area (Å²) in [4.78, 5) is 0. The summed E-state index contributed by atoms with van der Waals surface area (Å²) in [6, 6.07) is 0. The molecule has 0 spiro atoms. The van der Waals surface area contributed by atoms with Gasteiger partial charge in [-0.15, -0.1) is 0 Å². The highest BCUT2D eigenvalue weighted by atomic mass is 32.1. The molecular formula is C6H10N2S. The molecule has 1 saturated heterocycles. The molecule has 2 aliphatic heterocycles. The molecule has 0 bridgehead atoms. The maximum absolute atomic E-state index is 4.38. The second-order valence-corrected chi connectivity index (χ2v) is 3.26. The second kappa shape index (κ2) is 1.92. The average Bonchev–Trinajstić information content (AvgIpc) is 2.22. The number of nitrogens with zero attached hydrogens (tertiary/aromatic N) is 2. The molecule has 0 N–H and O–H groups in total. The van der Waals surface area contributed by atoms with E-state index < -0.39 is 0 Å². The summed E-state index contributed by atoms with van der Waals surface area (Å²) < 4.78 is 0. The van der Waals surface area contributed by atoms with Crippen molar-refractivity contribution >= 4 is 12.6 Å². The Balaban J connectivity index is 2.08. The van der Waals surface area contributed by atoms with Gasteiger partial charge in [0.2, 0.25) is 0 Å². The van der Waals surface area contributed by atoms with E-state index in [1.54, 1.807) is 0 Å². The minimum absolute atomic E-state index is 0.551. The van der Waals surface area contributed by atoms with Gasteiger partial charge in [-0.3, -0.25) is 0 Å². The van der Waals surface area contributed by atoms with Gasteiger partial charge in [-0.2, -0.15) is 12.6 Å². The van der Waals surface area contributed by atoms with E-state index in [4.69, 9.17) is 0 Å². The van der Waals surface area contributed by atoms with Crippen LogP contribution in [0, 0.1) is 0 Å². The van der Waals surface area contributed by atoms with Crippen LogP contribution in [0.5, 0.6) is 0 Å². The predicted octanol–water partition coefficient (Wildman–Crippen LogP) is 0.345. The summed E-state index contributed by atoms with van der Waals surface area (Å²) in [6.07, 6.45) is 4.32. The Bertz CT molecular complexity index is 146. The minimum atomic E-state index is 0.551. The highest BCUT2D eigenvalue weighted by Gasteiger charge is 2.26. The molecule has 0 aromatic heterocycles. The van der Waals surface area contributed by atoms with Gasteiger partial charge >= 0.3 is 0 Å². The smallest absolute Gasteiger partial charge is 0.0469 e. The van der Waals surface area contributed by atoms with Crippen molar-refractivity contribution in [2.45, 2.75) is 5.25 Å². The van der Waals surface area contributed by atoms with Crippen molar-refractivity contribution in [2.24, 2.45) is 0 Å². The number of hydrazine groups is 1. The lowest BCUT2D eigenvalue weighted by molar-refractivity contribution is 0.117. The molecule has 0 radical (unpaired) electrons. The van der Waals surface area contributed by atoms with E-state index >= 15 is 0 Å². The molecule has 0 aromatic carbocycles. The van der Waals surface area contributed by atoms with Crippen molar-refractivity contribution < 1.29 is 0 Å². The van der Waals surface area contributed by atoms with Crippen molar-refractivity contribution in [3.63, 3.8) is 0 Å². The maximum atomic E-state index is 4.38. The normalized spacial score (nSPS) is 33.9. The molecule has 2 rings (SSSR count). The summed E-state index contributed by atoms with van der Waals surface area (Å²) in [5.41, 5.74) is 0. The number of hydrogen-bond donors (Lipinski definition) is 1. The zero-order valence-electron chi connectivity index (χ0n) is 5.20. The molecule has 2 heterocycles. The third kappa shape index (κ3) is 0.843. The molecule has 2 nitrogen and oxygen atoms in total. The van der Waals surface area contributed by atoms with Crippen molar-refractivity contribution in [3.05, 3.63) is 12.3 Å². The van der Waals surface area contributed by atoms with Crippen LogP contribution < -0.4 is 0 Å². The van der Waals surface area contributed by atoms with Crippen LogP contribution in [-0.2, 0) is 0 Å². The lowest BCUT2D eigenvalue weighted by atomic mass is 10.4. The van der Waals surface area contributed by atoms with Gasteiger partial charge in [0.15, 0.2) is 0 Å². The minimum Gasteiger partial charge on any atom is -0.312 e. The van der Waals surface area contributed by atoms with Crippen LogP contribution in [0.4, 0.5) is 0 Å². The highest BCUT2D eigenvalue weighted by molar-refractivity contribution is 7.81. The first-order chi connectivity index (χ1) is 4.36. The Morgan fingerprint density at radius 2 is 2.33 bits per heavy atom. The summed E-state index contributed by atoms with van der Waals surface area (Å²) in [5, 5.41) is 5.09. The third-order valence-corrected chi connectivity index (χ3v) is 2.10. The lowest BCUT2D eigenvalue weighted by Crippen LogP contribution is -2.27. The molecule has 0 amide bonds. The summed E-state index contributed by atoms with van der Waals surface area (Å²) in [7, 11) is 0. The zero-order valence-corrected chi connectivity index (χ0v) is 6.09. The van der Waals surface area contributed by atoms with Gasteiger partial charge in [0.05, 0.1) is 0 Å². The predicted molar refractivity (Wildman–Crippen MR) is 40.2 cm³/mol. The first-order valence-electron chi connectivity index (χ1n) is 3.22. The van der Waals surface area contributed by atoms with Gasteiger partial charge < -0.3 is 5.01 Å². The third-order valence-electron chi connectivity index (χ3n) is 1.78. The number of hydrogen-bond acceptors (Lipinski definition) is 3. The fourth-order valence-electron chi connectivity index (χ4n) is 1.36. The van der Waals surface area contributed by atoms with E-state index in [-0.39, 0.29) is 0 Å². The van der Waals surface area contributed by atoms with Gasteiger partial charge in [-0.05, 0) is 0 Å². The van der Waals surface area contributed by atoms with Crippen LogP contribution in [0.1, 0.15) is 0 Å². The zero-order chi connectivity index (χ0) is 6.27. The number of rotatable bonds is 0. The molecular weight excluding hydrogens is 132 g/mol. The van der Waals surface area contributed by atoms with E-state index in [1.807, 2.05) is 0 Å². The Kier molecular flexibility index (Phi) is 1.20. The van der Waals surface area contributed by atoms with Crippen LogP contribution in [-0.4, -0.2) is 34.9 Å². The standard InChI is InChI=1S/C6H10N2S/c9-6-4-7-2-1-3-8(7)5-6/h1-2,6,9H,3-5H2. The van der Waals surface area contributed by atoms with Crippen LogP contribution in [0.15, 0.2) is 12.3 Å². The van der Waals surface area contributed by atoms with Crippen LogP contribution >= 0.6 is 12.6 Å². The molecule has 3 heteroatoms. The summed E-state index contributed by atoms with van der Waals surface area (Å²) in [6.45, 7) is 3.27. The molecule has 50 valence electrons. The SMILES string of the molecule is SC1CN2C=CCN2C1. The maximum Gasteiger partial charge on any atom is 0.0469 e. The first-order valence-corrected chi connectivity index (χ1v) is 3.74. The molecule has 9 heavy (non-hydrogen) atoms. The van der Waals surface area contributed by atoms with E-state index in [1.165, 1.54) is 0 Å². The van der Waals surface area contributed by atoms with E-state index in [0.717, 1.165) is 19.6 Å². The first kappa shape index (κ1) is 5.62. The number of fused-ring (bicyclic) bond motifs is 1. The quantitative estimate of drug-likeness (QED) is 0.487. The van der Waals surface area contributed by atoms with Crippen molar-refractivity contribution in [3.8, 4) is 0 Å². The van der Waals surface area contributed by atoms with Gasteiger partial charge in [0, 0.05) is 31.1 Å². The van der Waals surface area contributed by atoms with E-state index in [2.05, 4.69) is 34.9 Å². The Labute approximate surface area is 60.5 Å². The number of thiol groups is 1. The molecule has 1 fully saturated rings. The summed E-state index contributed by atoms with van der Waals surface area (Å²) >= 11 is 4.38. The molecule has 0 aromatic rings. The molecule has 1 atom stereocenters. The molecule has 0 saturated carbocycles. The van der Waals surface area contributed by atoms with Gasteiger partial charge in [0.25, 0.3) is 0 Å². The Hall–Kier alpha value is -0.150. The fourth-order valence-corrected chi connectivity index (χ4v) is 1.72. The van der Waals surface area contributed by atoms with Crippen LogP contribution in [0.3, 0.4) is 0 Å². The monoisotopic (exact) mass is 142 g/mol. The van der Waals surface area contributed by atoms with Gasteiger partial charge in [-0.1, -0.05) is 6.08 Å². The van der Waals surface area contributed by atoms with Gasteiger partial charge in [-0.25, -0.2) is 5.01 Å². The van der Waals surface area contributed by atoms with Crippen LogP contribution in [0.2, 0.25) is 0 Å². The molecule has 2 aliphatic rings. The summed E-state index contributed by atoms with van der Waals surface area (Å²) in [5.74, 6) is 0. The average molecular weight is 142 g/mol. The Morgan fingerprint density at radius 3 is 3.11 bits per heavy atom.